The van der Waals surface area contributed by atoms with Gasteiger partial charge in [-0.1, -0.05) is 35.9 Å². The molecule has 0 bridgehead atoms. The number of benzene rings is 1. The number of hydrogen-bond donors (Lipinski definition) is 2. The van der Waals surface area contributed by atoms with Crippen molar-refractivity contribution >= 4 is 17.3 Å². The minimum absolute atomic E-state index is 1.08. The lowest BCUT2D eigenvalue weighted by Crippen LogP contribution is -2.30. The summed E-state index contributed by atoms with van der Waals surface area (Å²) in [7, 11) is 0. The van der Waals surface area contributed by atoms with Crippen LogP contribution in [0.1, 0.15) is 5.56 Å². The third-order valence-corrected chi connectivity index (χ3v) is 1.49. The normalized spacial score (nSPS) is 10.7. The van der Waals surface area contributed by atoms with Crippen molar-refractivity contribution < 1.29 is 13.6 Å². The van der Waals surface area contributed by atoms with E-state index in [9.17, 15) is 13.6 Å². The Morgan fingerprint density at radius 1 is 1.43 bits per heavy atom. The van der Waals surface area contributed by atoms with Crippen LogP contribution in [0.15, 0.2) is 30.3 Å². The summed E-state index contributed by atoms with van der Waals surface area (Å²) < 4.78 is 20.2. The zero-order valence-electron chi connectivity index (χ0n) is 7.60. The van der Waals surface area contributed by atoms with Gasteiger partial charge in [-0.2, -0.15) is 0 Å². The lowest BCUT2D eigenvalue weighted by atomic mass is 10.2. The van der Waals surface area contributed by atoms with Gasteiger partial charge in [0.2, 0.25) is 0 Å². The van der Waals surface area contributed by atoms with Crippen LogP contribution in [0.5, 0.6) is 0 Å². The summed E-state index contributed by atoms with van der Waals surface area (Å²) in [5, 5.41) is 0. The fourth-order valence-electron chi connectivity index (χ4n) is 0.617. The first-order valence-corrected chi connectivity index (χ1v) is 4.77. The number of urea groups is 1. The Labute approximate surface area is 84.7 Å². The summed E-state index contributed by atoms with van der Waals surface area (Å²) >= 11 is -2.57. The molecule has 1 unspecified atom stereocenters. The third-order valence-electron chi connectivity index (χ3n) is 1.12. The molecular formula is C8H11N2O3S-. The van der Waals surface area contributed by atoms with Crippen LogP contribution in [-0.2, 0) is 11.3 Å². The van der Waals surface area contributed by atoms with Crippen molar-refractivity contribution in [1.82, 2.24) is 4.72 Å². The van der Waals surface area contributed by atoms with Crippen molar-refractivity contribution in [1.29, 1.82) is 0 Å². The fraction of sp³-hybridized carbons (Fsp3) is 0.125. The summed E-state index contributed by atoms with van der Waals surface area (Å²) in [5.41, 5.74) is 5.67. The molecule has 3 N–H and O–H groups in total. The molecule has 5 nitrogen and oxygen atoms in total. The minimum Gasteiger partial charge on any atom is -0.755 e. The number of hydrogen-bond acceptors (Lipinski definition) is 3. The molecule has 0 heterocycles. The van der Waals surface area contributed by atoms with Crippen LogP contribution in [0.25, 0.3) is 0 Å². The number of aryl methyl sites for hydroxylation is 1. The van der Waals surface area contributed by atoms with E-state index >= 15 is 0 Å². The van der Waals surface area contributed by atoms with Crippen LogP contribution in [0.2, 0.25) is 0 Å². The summed E-state index contributed by atoms with van der Waals surface area (Å²) in [6.45, 7) is 2.08. The van der Waals surface area contributed by atoms with E-state index in [0.29, 0.717) is 0 Å². The number of rotatable bonds is 1. The van der Waals surface area contributed by atoms with E-state index in [2.05, 4.69) is 24.8 Å². The number of nitrogens with two attached hydrogens (primary N) is 1. The average molecular weight is 215 g/mol. The molecule has 0 aliphatic carbocycles. The van der Waals surface area contributed by atoms with Crippen LogP contribution < -0.4 is 10.5 Å². The monoisotopic (exact) mass is 215 g/mol. The van der Waals surface area contributed by atoms with Gasteiger partial charge in [0.1, 0.15) is 0 Å². The van der Waals surface area contributed by atoms with E-state index in [1.807, 2.05) is 18.2 Å². The number of carbonyl (C=O) groups excluding carboxylic acids is 1. The Bertz CT molecular complexity index is 291. The molecule has 0 aliphatic rings. The number of amides is 2. The molecule has 1 aromatic carbocycles. The molecule has 1 atom stereocenters. The summed E-state index contributed by atoms with van der Waals surface area (Å²) in [6.07, 6.45) is 0. The molecule has 1 aromatic rings. The molecule has 0 fully saturated rings. The van der Waals surface area contributed by atoms with Gasteiger partial charge in [0.05, 0.1) is 0 Å². The Kier molecular flexibility index (Phi) is 6.34. The van der Waals surface area contributed by atoms with Crippen LogP contribution in [0.3, 0.4) is 0 Å². The molecule has 0 spiro atoms. The molecule has 14 heavy (non-hydrogen) atoms. The van der Waals surface area contributed by atoms with E-state index in [1.54, 1.807) is 0 Å². The maximum Gasteiger partial charge on any atom is 0.323 e. The summed E-state index contributed by atoms with van der Waals surface area (Å²) in [5.74, 6) is 0. The van der Waals surface area contributed by atoms with Crippen LogP contribution >= 0.6 is 0 Å². The van der Waals surface area contributed by atoms with Gasteiger partial charge in [0, 0.05) is 11.3 Å². The second kappa shape index (κ2) is 7.05. The fourth-order valence-corrected chi connectivity index (χ4v) is 0.781. The lowest BCUT2D eigenvalue weighted by molar-refractivity contribution is 0.253. The highest BCUT2D eigenvalue weighted by Gasteiger charge is 1.83. The van der Waals surface area contributed by atoms with Crippen molar-refractivity contribution in [3.63, 3.8) is 0 Å². The zero-order chi connectivity index (χ0) is 11.0. The molecule has 6 heteroatoms. The molecule has 0 saturated carbocycles. The molecule has 1 rings (SSSR count). The molecule has 78 valence electrons. The highest BCUT2D eigenvalue weighted by Crippen LogP contribution is 1.92. The first-order valence-electron chi connectivity index (χ1n) is 3.69. The van der Waals surface area contributed by atoms with Crippen molar-refractivity contribution in [3.8, 4) is 0 Å². The minimum atomic E-state index is -2.57. The van der Waals surface area contributed by atoms with Crippen molar-refractivity contribution in [3.05, 3.63) is 35.9 Å². The maximum absolute atomic E-state index is 9.53. The van der Waals surface area contributed by atoms with Gasteiger partial charge in [-0.15, -0.1) is 0 Å². The second-order valence-corrected chi connectivity index (χ2v) is 3.03. The Balaban J connectivity index is 0.000000241. The van der Waals surface area contributed by atoms with E-state index < -0.39 is 17.3 Å². The molecule has 0 aliphatic heterocycles. The lowest BCUT2D eigenvalue weighted by Gasteiger charge is -2.00. The number of primary amides is 1. The van der Waals surface area contributed by atoms with Crippen LogP contribution in [0.4, 0.5) is 4.79 Å². The van der Waals surface area contributed by atoms with E-state index in [0.717, 1.165) is 0 Å². The molecule has 2 amide bonds. The van der Waals surface area contributed by atoms with E-state index in [4.69, 9.17) is 0 Å². The van der Waals surface area contributed by atoms with Gasteiger partial charge in [-0.3, -0.25) is 8.93 Å². The Morgan fingerprint density at radius 3 is 2.07 bits per heavy atom. The molecule has 0 saturated heterocycles. The van der Waals surface area contributed by atoms with Gasteiger partial charge >= 0.3 is 6.03 Å². The topological polar surface area (TPSA) is 95.2 Å². The average Bonchev–Trinajstić information content (AvgIpc) is 2.03. The molecule has 0 aromatic heterocycles. The van der Waals surface area contributed by atoms with Crippen molar-refractivity contribution in [2.45, 2.75) is 6.92 Å². The van der Waals surface area contributed by atoms with Gasteiger partial charge in [0.15, 0.2) is 0 Å². The third kappa shape index (κ3) is 8.69. The first kappa shape index (κ1) is 12.6. The maximum atomic E-state index is 9.53. The number of carbonyl (C=O) groups is 1. The molecular weight excluding hydrogens is 204 g/mol. The zero-order valence-corrected chi connectivity index (χ0v) is 8.41. The Morgan fingerprint density at radius 2 is 1.93 bits per heavy atom. The van der Waals surface area contributed by atoms with Gasteiger partial charge in [0.25, 0.3) is 0 Å². The summed E-state index contributed by atoms with van der Waals surface area (Å²) in [6, 6.07) is 9.19. The van der Waals surface area contributed by atoms with Crippen molar-refractivity contribution in [2.75, 3.05) is 0 Å². The van der Waals surface area contributed by atoms with E-state index in [-0.39, 0.29) is 0 Å². The predicted octanol–water partition coefficient (Wildman–Crippen LogP) is 0.444. The van der Waals surface area contributed by atoms with E-state index in [1.165, 1.54) is 10.3 Å². The smallest absolute Gasteiger partial charge is 0.323 e. The van der Waals surface area contributed by atoms with Crippen LogP contribution in [0, 0.1) is 6.92 Å². The first-order chi connectivity index (χ1) is 6.52. The van der Waals surface area contributed by atoms with Gasteiger partial charge < -0.3 is 10.3 Å². The largest absolute Gasteiger partial charge is 0.755 e. The highest BCUT2D eigenvalue weighted by molar-refractivity contribution is 7.77. The standard InChI is InChI=1S/C7H8.CH4N2O3S/c1-7-5-3-2-4-6-7;2-1(4)3-7(5)6/h2-6H,1H3;(H,5,6)(H3,2,3,4)/p-1. The van der Waals surface area contributed by atoms with Crippen molar-refractivity contribution in [2.24, 2.45) is 5.73 Å². The SMILES string of the molecule is Cc1ccccc1.NC(=O)NS(=O)[O-]. The van der Waals surface area contributed by atoms with Gasteiger partial charge in [-0.05, 0) is 6.92 Å². The quantitative estimate of drug-likeness (QED) is 0.665. The number of nitrogens with one attached hydrogen (secondary N) is 1. The summed E-state index contributed by atoms with van der Waals surface area (Å²) in [4.78, 5) is 9.53. The predicted molar refractivity (Wildman–Crippen MR) is 52.8 cm³/mol. The Hall–Kier alpha value is -1.40. The van der Waals surface area contributed by atoms with Gasteiger partial charge in [-0.25, -0.2) is 4.79 Å². The molecule has 0 radical (unpaired) electrons. The second-order valence-electron chi connectivity index (χ2n) is 2.36. The van der Waals surface area contributed by atoms with Crippen LogP contribution in [-0.4, -0.2) is 14.8 Å². The highest BCUT2D eigenvalue weighted by atomic mass is 32.2.